The van der Waals surface area contributed by atoms with Gasteiger partial charge in [-0.1, -0.05) is 6.07 Å². The third-order valence-corrected chi connectivity index (χ3v) is 5.75. The summed E-state index contributed by atoms with van der Waals surface area (Å²) in [4.78, 5) is 34.6. The van der Waals surface area contributed by atoms with E-state index in [0.29, 0.717) is 21.9 Å². The highest BCUT2D eigenvalue weighted by Crippen LogP contribution is 2.33. The van der Waals surface area contributed by atoms with Gasteiger partial charge < -0.3 is 34.5 Å². The molecule has 4 aromatic rings. The van der Waals surface area contributed by atoms with E-state index in [4.69, 9.17) is 12.8 Å². The van der Waals surface area contributed by atoms with Gasteiger partial charge in [0.15, 0.2) is 0 Å². The molecule has 0 aliphatic carbocycles. The van der Waals surface area contributed by atoms with E-state index < -0.39 is 13.1 Å². The fourth-order valence-electron chi connectivity index (χ4n) is 4.05. The first-order chi connectivity index (χ1) is 17.3. The molecular weight excluding hydrogens is 482 g/mol. The fourth-order valence-corrected chi connectivity index (χ4v) is 4.05. The monoisotopic (exact) mass is 509 g/mol. The van der Waals surface area contributed by atoms with Crippen molar-refractivity contribution in [2.24, 2.45) is 12.3 Å². The third kappa shape index (κ3) is 5.13. The Morgan fingerprint density at radius 1 is 0.944 bits per heavy atom. The smallest absolute Gasteiger partial charge is 0.340 e. The number of carbonyl (C=O) groups is 2. The Balaban J connectivity index is 0.00000380. The van der Waals surface area contributed by atoms with E-state index in [9.17, 15) is 14.5 Å². The number of carbonyl (C=O) groups excluding carboxylic acids is 2. The van der Waals surface area contributed by atoms with E-state index >= 15 is 0 Å². The van der Waals surface area contributed by atoms with Gasteiger partial charge in [-0.25, -0.2) is 4.79 Å². The molecule has 11 heteroatoms. The Morgan fingerprint density at radius 2 is 1.58 bits per heavy atom. The molecule has 0 saturated carbocycles. The Bertz CT molecular complexity index is 1480. The number of halogens is 1. The molecule has 1 heterocycles. The molecule has 36 heavy (non-hydrogen) atoms. The summed E-state index contributed by atoms with van der Waals surface area (Å²) >= 11 is 0. The molecule has 0 bridgehead atoms. The van der Waals surface area contributed by atoms with Crippen molar-refractivity contribution in [2.45, 2.75) is 0 Å². The molecule has 0 saturated heterocycles. The van der Waals surface area contributed by atoms with Gasteiger partial charge >= 0.3 is 6.03 Å². The van der Waals surface area contributed by atoms with Gasteiger partial charge in [0.1, 0.15) is 7.05 Å². The number of hydrogen-bond acceptors (Lipinski definition) is 6. The van der Waals surface area contributed by atoms with Crippen molar-refractivity contribution in [3.63, 3.8) is 0 Å². The first-order valence-electron chi connectivity index (χ1n) is 11.5. The first kappa shape index (κ1) is 24.7. The number of fused-ring (bicyclic) bond motifs is 3. The minimum Gasteiger partial charge on any atom is -1.00 e. The summed E-state index contributed by atoms with van der Waals surface area (Å²) in [6, 6.07) is 18.0. The van der Waals surface area contributed by atoms with Crippen LogP contribution >= 0.6 is 0 Å². The standard InChI is InChI=1S/C25H25N7O3.ClH/c1-31-22-14-18(27)8-10-20(22)19-9-7-17(26)13-21(19)23(31)15-3-5-16(6-4-15)24(33)28-11-12-29-25(34)32(2)30-35;/h3-10,13-14,27H,11-12H2,1-2H3,(H4,26,28,29,33,34);1H/i2T;. The lowest BCUT2D eigenvalue weighted by Gasteiger charge is -2.12. The maximum atomic E-state index is 12.6. The van der Waals surface area contributed by atoms with Crippen LogP contribution in [0.25, 0.3) is 32.9 Å². The molecule has 0 radical (unpaired) electrons. The minimum atomic E-state index is -0.795. The molecule has 3 amide bonds. The third-order valence-electron chi connectivity index (χ3n) is 5.75. The van der Waals surface area contributed by atoms with Crippen LogP contribution in [0, 0.1) is 4.91 Å². The SMILES string of the molecule is [3H]CN(N=O)C(=O)NCCNC(=O)c1ccc(-c2c3cc(N)ccc3c3ccc(N)cc3[n+]2C)cc1.[Cl-]. The summed E-state index contributed by atoms with van der Waals surface area (Å²) in [6.07, 6.45) is 0. The minimum absolute atomic E-state index is 0. The lowest BCUT2D eigenvalue weighted by atomic mass is 9.98. The lowest BCUT2D eigenvalue weighted by Crippen LogP contribution is -3.00. The average Bonchev–Trinajstić information content (AvgIpc) is 2.87. The van der Waals surface area contributed by atoms with Crippen LogP contribution < -0.4 is 39.1 Å². The highest BCUT2D eigenvalue weighted by atomic mass is 35.5. The van der Waals surface area contributed by atoms with Crippen molar-refractivity contribution >= 4 is 45.0 Å². The Morgan fingerprint density at radius 3 is 2.25 bits per heavy atom. The van der Waals surface area contributed by atoms with Crippen LogP contribution in [0.15, 0.2) is 65.9 Å². The fraction of sp³-hybridized carbons (Fsp3) is 0.160. The number of anilines is 2. The maximum absolute atomic E-state index is 12.6. The summed E-state index contributed by atoms with van der Waals surface area (Å²) in [5.41, 5.74) is 16.8. The number of nitrogen functional groups attached to an aromatic ring is 2. The van der Waals surface area contributed by atoms with E-state index in [1.54, 1.807) is 12.1 Å². The van der Waals surface area contributed by atoms with E-state index in [0.717, 1.165) is 32.9 Å². The quantitative estimate of drug-likeness (QED) is 0.0704. The van der Waals surface area contributed by atoms with E-state index in [1.165, 1.54) is 0 Å². The molecule has 0 unspecified atom stereocenters. The number of aryl methyl sites for hydroxylation is 1. The highest BCUT2D eigenvalue weighted by molar-refractivity contribution is 6.10. The number of rotatable bonds is 6. The van der Waals surface area contributed by atoms with E-state index in [-0.39, 0.29) is 31.4 Å². The van der Waals surface area contributed by atoms with Gasteiger partial charge in [0.05, 0.1) is 16.1 Å². The van der Waals surface area contributed by atoms with Crippen molar-refractivity contribution in [1.29, 1.82) is 0 Å². The number of nitroso groups, excluding NO2 is 1. The number of amides is 3. The summed E-state index contributed by atoms with van der Waals surface area (Å²) in [7, 11) is 1.38. The molecule has 1 aromatic heterocycles. The van der Waals surface area contributed by atoms with Crippen molar-refractivity contribution < 1.29 is 27.9 Å². The number of pyridine rings is 1. The molecule has 4 rings (SSSR count). The van der Waals surface area contributed by atoms with Crippen LogP contribution in [0.3, 0.4) is 0 Å². The molecule has 186 valence electrons. The van der Waals surface area contributed by atoms with Crippen molar-refractivity contribution in [2.75, 3.05) is 31.6 Å². The summed E-state index contributed by atoms with van der Waals surface area (Å²) < 4.78 is 9.11. The van der Waals surface area contributed by atoms with Gasteiger partial charge in [-0.15, -0.1) is 4.91 Å². The molecule has 10 nitrogen and oxygen atoms in total. The Hall–Kier alpha value is -4.44. The normalized spacial score (nSPS) is 10.9. The molecule has 0 atom stereocenters. The Labute approximate surface area is 215 Å². The van der Waals surface area contributed by atoms with Crippen LogP contribution in [0.2, 0.25) is 0 Å². The first-order valence-corrected chi connectivity index (χ1v) is 10.8. The van der Waals surface area contributed by atoms with Crippen LogP contribution in [0.4, 0.5) is 16.2 Å². The number of nitrogens with zero attached hydrogens (tertiary/aromatic N) is 3. The average molecular weight is 510 g/mol. The number of nitrogens with one attached hydrogen (secondary N) is 2. The van der Waals surface area contributed by atoms with Crippen molar-refractivity contribution in [3.8, 4) is 11.3 Å². The largest absolute Gasteiger partial charge is 1.00 e. The molecule has 0 aliphatic heterocycles. The van der Waals surface area contributed by atoms with Gasteiger partial charge in [-0.2, -0.15) is 9.58 Å². The number of urea groups is 1. The summed E-state index contributed by atoms with van der Waals surface area (Å²) in [6.45, 7) is 0.222. The van der Waals surface area contributed by atoms with Gasteiger partial charge in [-0.3, -0.25) is 4.79 Å². The molecule has 3 aromatic carbocycles. The van der Waals surface area contributed by atoms with Crippen molar-refractivity contribution in [1.82, 2.24) is 15.6 Å². The molecule has 0 spiro atoms. The number of aromatic nitrogens is 1. The van der Waals surface area contributed by atoms with Crippen molar-refractivity contribution in [3.05, 3.63) is 71.1 Å². The predicted molar refractivity (Wildman–Crippen MR) is 136 cm³/mol. The molecular formula is C25H26ClN7O3. The zero-order valence-corrected chi connectivity index (χ0v) is 20.2. The zero-order valence-electron chi connectivity index (χ0n) is 20.5. The van der Waals surface area contributed by atoms with Gasteiger partial charge in [0, 0.05) is 55.4 Å². The number of nitrogens with two attached hydrogens (primary N) is 2. The predicted octanol–water partition coefficient (Wildman–Crippen LogP) is -0.294. The van der Waals surface area contributed by atoms with Crippen LogP contribution in [0.5, 0.6) is 0 Å². The Kier molecular flexibility index (Phi) is 7.45. The summed E-state index contributed by atoms with van der Waals surface area (Å²) in [5, 5.41) is 11.1. The van der Waals surface area contributed by atoms with Crippen LogP contribution in [0.1, 0.15) is 11.7 Å². The second-order valence-electron chi connectivity index (χ2n) is 8.04. The van der Waals surface area contributed by atoms with Crippen LogP contribution in [-0.2, 0) is 7.05 Å². The second kappa shape index (κ2) is 10.9. The van der Waals surface area contributed by atoms with E-state index in [2.05, 4.69) is 20.5 Å². The molecule has 0 aliphatic rings. The van der Waals surface area contributed by atoms with E-state index in [1.807, 2.05) is 55.6 Å². The van der Waals surface area contributed by atoms with Crippen LogP contribution in [-0.4, -0.2) is 37.1 Å². The zero-order chi connectivity index (χ0) is 25.8. The number of hydrogen-bond donors (Lipinski definition) is 4. The highest BCUT2D eigenvalue weighted by Gasteiger charge is 2.21. The lowest BCUT2D eigenvalue weighted by molar-refractivity contribution is -0.632. The van der Waals surface area contributed by atoms with Gasteiger partial charge in [-0.05, 0) is 48.5 Å². The maximum Gasteiger partial charge on any atom is 0.340 e. The molecule has 6 N–H and O–H groups in total. The number of benzene rings is 3. The molecule has 0 fully saturated rings. The topological polar surface area (TPSA) is 147 Å². The summed E-state index contributed by atoms with van der Waals surface area (Å²) in [5.74, 6) is -0.313. The van der Waals surface area contributed by atoms with Gasteiger partial charge in [0.2, 0.25) is 11.2 Å². The second-order valence-corrected chi connectivity index (χ2v) is 8.04. The van der Waals surface area contributed by atoms with Gasteiger partial charge in [0.25, 0.3) is 5.91 Å².